The molecule has 2 aromatic carbocycles. The van der Waals surface area contributed by atoms with Crippen LogP contribution in [0.1, 0.15) is 10.5 Å². The van der Waals surface area contributed by atoms with E-state index in [4.69, 9.17) is 34.8 Å². The van der Waals surface area contributed by atoms with Gasteiger partial charge in [0.15, 0.2) is 5.13 Å². The summed E-state index contributed by atoms with van der Waals surface area (Å²) >= 11 is 19.2. The Morgan fingerprint density at radius 3 is 2.59 bits per heavy atom. The van der Waals surface area contributed by atoms with Gasteiger partial charge in [-0.1, -0.05) is 71.2 Å². The van der Waals surface area contributed by atoms with Crippen LogP contribution < -0.4 is 5.32 Å². The lowest BCUT2D eigenvalue weighted by molar-refractivity contribution is 0.102. The third-order valence-electron chi connectivity index (χ3n) is 3.90. The van der Waals surface area contributed by atoms with E-state index in [1.165, 1.54) is 17.5 Å². The molecule has 134 valence electrons. The first-order chi connectivity index (χ1) is 13.0. The minimum absolute atomic E-state index is 0.00600. The largest absolute Gasteiger partial charge is 0.296 e. The number of fused-ring (bicyclic) bond motifs is 1. The molecular weight excluding hydrogens is 425 g/mol. The van der Waals surface area contributed by atoms with Crippen LogP contribution >= 0.6 is 46.1 Å². The standard InChI is InChI=1S/C19H10Cl3N3OS/c20-13-8-23-17(16(22)15(13)21)18(26)25-19-24-14(9-27-19)12-6-5-10-3-1-2-4-11(10)7-12/h1-9H,(H,24,25,26). The molecule has 27 heavy (non-hydrogen) atoms. The number of aromatic nitrogens is 2. The van der Waals surface area contributed by atoms with Gasteiger partial charge in [0, 0.05) is 17.1 Å². The lowest BCUT2D eigenvalue weighted by Gasteiger charge is -2.05. The van der Waals surface area contributed by atoms with Gasteiger partial charge < -0.3 is 0 Å². The van der Waals surface area contributed by atoms with E-state index in [-0.39, 0.29) is 20.8 Å². The highest BCUT2D eigenvalue weighted by Crippen LogP contribution is 2.32. The van der Waals surface area contributed by atoms with Gasteiger partial charge in [0.1, 0.15) is 5.69 Å². The number of nitrogens with zero attached hydrogens (tertiary/aromatic N) is 2. The number of carbonyl (C=O) groups is 1. The first-order valence-electron chi connectivity index (χ1n) is 7.78. The number of hydrogen-bond acceptors (Lipinski definition) is 4. The molecule has 0 atom stereocenters. The summed E-state index contributed by atoms with van der Waals surface area (Å²) < 4.78 is 0. The predicted octanol–water partition coefficient (Wildman–Crippen LogP) is 6.57. The fourth-order valence-electron chi connectivity index (χ4n) is 2.57. The fraction of sp³-hybridized carbons (Fsp3) is 0. The summed E-state index contributed by atoms with van der Waals surface area (Å²) in [6, 6.07) is 14.2. The van der Waals surface area contributed by atoms with Crippen molar-refractivity contribution in [1.29, 1.82) is 0 Å². The first kappa shape index (κ1) is 18.2. The lowest BCUT2D eigenvalue weighted by atomic mass is 10.1. The second-order valence-corrected chi connectivity index (χ2v) is 7.66. The average molecular weight is 435 g/mol. The van der Waals surface area contributed by atoms with Gasteiger partial charge in [-0.15, -0.1) is 11.3 Å². The molecule has 4 rings (SSSR count). The lowest BCUT2D eigenvalue weighted by Crippen LogP contribution is -2.14. The van der Waals surface area contributed by atoms with Gasteiger partial charge in [0.25, 0.3) is 5.91 Å². The van der Waals surface area contributed by atoms with Gasteiger partial charge in [0.2, 0.25) is 0 Å². The van der Waals surface area contributed by atoms with Gasteiger partial charge in [-0.05, 0) is 16.8 Å². The molecule has 2 heterocycles. The summed E-state index contributed by atoms with van der Waals surface area (Å²) in [5, 5.41) is 7.58. The quantitative estimate of drug-likeness (QED) is 0.396. The van der Waals surface area contributed by atoms with Crippen LogP contribution in [0.3, 0.4) is 0 Å². The Labute approximate surface area is 173 Å². The zero-order valence-corrected chi connectivity index (χ0v) is 16.6. The van der Waals surface area contributed by atoms with Crippen molar-refractivity contribution < 1.29 is 4.79 Å². The van der Waals surface area contributed by atoms with Crippen molar-refractivity contribution in [3.05, 3.63) is 74.8 Å². The van der Waals surface area contributed by atoms with E-state index in [9.17, 15) is 4.79 Å². The van der Waals surface area contributed by atoms with E-state index in [0.717, 1.165) is 22.0 Å². The van der Waals surface area contributed by atoms with Crippen LogP contribution in [-0.2, 0) is 0 Å². The molecule has 0 aliphatic heterocycles. The Bertz CT molecular complexity index is 1180. The zero-order valence-electron chi connectivity index (χ0n) is 13.5. The molecule has 0 radical (unpaired) electrons. The number of anilines is 1. The van der Waals surface area contributed by atoms with E-state index in [2.05, 4.69) is 27.4 Å². The van der Waals surface area contributed by atoms with Gasteiger partial charge in [0.05, 0.1) is 20.8 Å². The van der Waals surface area contributed by atoms with Gasteiger partial charge >= 0.3 is 0 Å². The van der Waals surface area contributed by atoms with Crippen molar-refractivity contribution in [2.75, 3.05) is 5.32 Å². The summed E-state index contributed by atoms with van der Waals surface area (Å²) in [6.45, 7) is 0. The average Bonchev–Trinajstić information content (AvgIpc) is 3.14. The van der Waals surface area contributed by atoms with Crippen molar-refractivity contribution in [3.8, 4) is 11.3 Å². The number of rotatable bonds is 3. The molecular formula is C19H10Cl3N3OS. The second-order valence-electron chi connectivity index (χ2n) is 5.64. The number of nitrogens with one attached hydrogen (secondary N) is 1. The summed E-state index contributed by atoms with van der Waals surface area (Å²) in [5.74, 6) is -0.502. The molecule has 4 nitrogen and oxygen atoms in total. The molecule has 0 saturated heterocycles. The molecule has 0 fully saturated rings. The summed E-state index contributed by atoms with van der Waals surface area (Å²) in [4.78, 5) is 20.9. The van der Waals surface area contributed by atoms with E-state index in [0.29, 0.717) is 5.13 Å². The minimum Gasteiger partial charge on any atom is -0.296 e. The summed E-state index contributed by atoms with van der Waals surface area (Å²) in [5.41, 5.74) is 1.74. The Hall–Kier alpha value is -2.18. The van der Waals surface area contributed by atoms with E-state index in [1.807, 2.05) is 35.7 Å². The maximum absolute atomic E-state index is 12.4. The highest BCUT2D eigenvalue weighted by Gasteiger charge is 2.18. The maximum Gasteiger partial charge on any atom is 0.277 e. The van der Waals surface area contributed by atoms with Crippen LogP contribution in [0.25, 0.3) is 22.0 Å². The monoisotopic (exact) mass is 433 g/mol. The van der Waals surface area contributed by atoms with E-state index < -0.39 is 5.91 Å². The Balaban J connectivity index is 1.59. The van der Waals surface area contributed by atoms with Crippen LogP contribution in [-0.4, -0.2) is 15.9 Å². The maximum atomic E-state index is 12.4. The molecule has 2 aromatic heterocycles. The zero-order chi connectivity index (χ0) is 19.0. The second kappa shape index (κ2) is 7.44. The molecule has 8 heteroatoms. The Kier molecular flexibility index (Phi) is 5.02. The topological polar surface area (TPSA) is 54.9 Å². The fourth-order valence-corrected chi connectivity index (χ4v) is 3.85. The summed E-state index contributed by atoms with van der Waals surface area (Å²) in [6.07, 6.45) is 1.28. The van der Waals surface area contributed by atoms with E-state index >= 15 is 0 Å². The van der Waals surface area contributed by atoms with Crippen LogP contribution in [0.15, 0.2) is 54.0 Å². The first-order valence-corrected chi connectivity index (χ1v) is 9.80. The Morgan fingerprint density at radius 1 is 1.00 bits per heavy atom. The third-order valence-corrected chi connectivity index (χ3v) is 5.90. The molecule has 0 saturated carbocycles. The highest BCUT2D eigenvalue weighted by atomic mass is 35.5. The number of halogens is 3. The highest BCUT2D eigenvalue weighted by molar-refractivity contribution is 7.14. The molecule has 0 aliphatic rings. The molecule has 0 unspecified atom stereocenters. The number of pyridine rings is 1. The molecule has 1 N–H and O–H groups in total. The van der Waals surface area contributed by atoms with Crippen LogP contribution in [0.4, 0.5) is 5.13 Å². The number of hydrogen-bond donors (Lipinski definition) is 1. The number of benzene rings is 2. The number of thiazole rings is 1. The molecule has 4 aromatic rings. The number of carbonyl (C=O) groups excluding carboxylic acids is 1. The number of amides is 1. The van der Waals surface area contributed by atoms with Crippen molar-refractivity contribution in [3.63, 3.8) is 0 Å². The van der Waals surface area contributed by atoms with Gasteiger partial charge in [-0.25, -0.2) is 9.97 Å². The smallest absolute Gasteiger partial charge is 0.277 e. The van der Waals surface area contributed by atoms with Crippen LogP contribution in [0, 0.1) is 0 Å². The molecule has 0 aliphatic carbocycles. The van der Waals surface area contributed by atoms with Gasteiger partial charge in [-0.2, -0.15) is 0 Å². The van der Waals surface area contributed by atoms with Crippen molar-refractivity contribution in [2.45, 2.75) is 0 Å². The SMILES string of the molecule is O=C(Nc1nc(-c2ccc3ccccc3c2)cs1)c1ncc(Cl)c(Cl)c1Cl. The molecule has 0 bridgehead atoms. The van der Waals surface area contributed by atoms with Crippen molar-refractivity contribution in [1.82, 2.24) is 9.97 Å². The Morgan fingerprint density at radius 2 is 1.78 bits per heavy atom. The van der Waals surface area contributed by atoms with Gasteiger partial charge in [-0.3, -0.25) is 10.1 Å². The normalized spacial score (nSPS) is 10.9. The van der Waals surface area contributed by atoms with Crippen molar-refractivity contribution >= 4 is 68.0 Å². The van der Waals surface area contributed by atoms with Crippen molar-refractivity contribution in [2.24, 2.45) is 0 Å². The van der Waals surface area contributed by atoms with E-state index in [1.54, 1.807) is 0 Å². The summed E-state index contributed by atoms with van der Waals surface area (Å²) in [7, 11) is 0. The van der Waals surface area contributed by atoms with Crippen LogP contribution in [0.2, 0.25) is 15.1 Å². The molecule has 0 spiro atoms. The van der Waals surface area contributed by atoms with Crippen LogP contribution in [0.5, 0.6) is 0 Å². The predicted molar refractivity (Wildman–Crippen MR) is 112 cm³/mol. The minimum atomic E-state index is -0.502. The molecule has 1 amide bonds. The third kappa shape index (κ3) is 3.64.